The van der Waals surface area contributed by atoms with Crippen molar-refractivity contribution in [1.82, 2.24) is 20.5 Å². The lowest BCUT2D eigenvalue weighted by molar-refractivity contribution is -0.127. The van der Waals surface area contributed by atoms with E-state index in [2.05, 4.69) is 20.5 Å². The summed E-state index contributed by atoms with van der Waals surface area (Å²) in [5.74, 6) is 0.0501. The van der Waals surface area contributed by atoms with Crippen molar-refractivity contribution in [2.75, 3.05) is 26.2 Å². The van der Waals surface area contributed by atoms with Crippen LogP contribution in [0.5, 0.6) is 0 Å². The van der Waals surface area contributed by atoms with Crippen LogP contribution in [0.1, 0.15) is 48.9 Å². The van der Waals surface area contributed by atoms with Crippen LogP contribution in [0.4, 0.5) is 0 Å². The molecule has 1 aliphatic heterocycles. The molecule has 2 fully saturated rings. The second kappa shape index (κ2) is 8.94. The molecule has 1 aliphatic carbocycles. The smallest absolute Gasteiger partial charge is 0.252 e. The van der Waals surface area contributed by atoms with Gasteiger partial charge in [0.05, 0.1) is 11.5 Å². The van der Waals surface area contributed by atoms with Crippen LogP contribution in [0.25, 0.3) is 0 Å². The first-order valence-electron chi connectivity index (χ1n) is 9.44. The molecule has 1 saturated carbocycles. The van der Waals surface area contributed by atoms with Gasteiger partial charge in [0.15, 0.2) is 0 Å². The highest BCUT2D eigenvalue weighted by Crippen LogP contribution is 2.27. The summed E-state index contributed by atoms with van der Waals surface area (Å²) in [5.41, 5.74) is 0.535. The molecule has 25 heavy (non-hydrogen) atoms. The van der Waals surface area contributed by atoms with Gasteiger partial charge in [-0.05, 0) is 44.4 Å². The molecule has 1 aromatic rings. The Morgan fingerprint density at radius 3 is 2.68 bits per heavy atom. The highest BCUT2D eigenvalue weighted by atomic mass is 16.2. The van der Waals surface area contributed by atoms with E-state index in [0.717, 1.165) is 25.9 Å². The maximum atomic E-state index is 12.4. The highest BCUT2D eigenvalue weighted by molar-refractivity contribution is 5.93. The molecule has 3 rings (SSSR count). The van der Waals surface area contributed by atoms with Gasteiger partial charge in [0.1, 0.15) is 0 Å². The van der Waals surface area contributed by atoms with E-state index in [4.69, 9.17) is 0 Å². The standard InChI is InChI=1S/C19H28N4O2/c24-18(15-5-3-9-20-13-15)21-10-11-22-19(25)16-6-4-12-23(14-16)17-7-1-2-8-17/h3,5,9,13,16-17H,1-2,4,6-8,10-12,14H2,(H,21,24)(H,22,25)/t16-/m1/s1. The molecule has 1 saturated heterocycles. The Morgan fingerprint density at radius 1 is 1.12 bits per heavy atom. The average molecular weight is 344 g/mol. The van der Waals surface area contributed by atoms with E-state index in [1.54, 1.807) is 18.3 Å². The first kappa shape index (κ1) is 17.9. The number of pyridine rings is 1. The fourth-order valence-electron chi connectivity index (χ4n) is 3.93. The van der Waals surface area contributed by atoms with Crippen LogP contribution in [0, 0.1) is 5.92 Å². The molecule has 0 radical (unpaired) electrons. The molecule has 0 spiro atoms. The lowest BCUT2D eigenvalue weighted by Gasteiger charge is -2.36. The van der Waals surface area contributed by atoms with Crippen molar-refractivity contribution >= 4 is 11.8 Å². The zero-order valence-electron chi connectivity index (χ0n) is 14.7. The zero-order chi connectivity index (χ0) is 17.5. The van der Waals surface area contributed by atoms with Gasteiger partial charge in [-0.2, -0.15) is 0 Å². The molecular formula is C19H28N4O2. The van der Waals surface area contributed by atoms with Crippen molar-refractivity contribution in [3.05, 3.63) is 30.1 Å². The Balaban J connectivity index is 1.36. The minimum atomic E-state index is -0.160. The Labute approximate surface area is 149 Å². The first-order valence-corrected chi connectivity index (χ1v) is 9.44. The Morgan fingerprint density at radius 2 is 1.92 bits per heavy atom. The molecule has 136 valence electrons. The summed E-state index contributed by atoms with van der Waals surface area (Å²) in [5, 5.41) is 5.78. The molecule has 0 unspecified atom stereocenters. The van der Waals surface area contributed by atoms with Crippen LogP contribution < -0.4 is 10.6 Å². The number of carbonyl (C=O) groups is 2. The Kier molecular flexibility index (Phi) is 6.39. The third-order valence-electron chi connectivity index (χ3n) is 5.30. The van der Waals surface area contributed by atoms with Gasteiger partial charge in [-0.1, -0.05) is 12.8 Å². The number of amides is 2. The third kappa shape index (κ3) is 5.01. The largest absolute Gasteiger partial charge is 0.354 e. The second-order valence-electron chi connectivity index (χ2n) is 7.06. The number of nitrogens with one attached hydrogen (secondary N) is 2. The predicted octanol–water partition coefficient (Wildman–Crippen LogP) is 1.58. The lowest BCUT2D eigenvalue weighted by atomic mass is 9.95. The number of aromatic nitrogens is 1. The third-order valence-corrected chi connectivity index (χ3v) is 5.30. The van der Waals surface area contributed by atoms with Crippen molar-refractivity contribution in [2.24, 2.45) is 5.92 Å². The SMILES string of the molecule is O=C(NCCNC(=O)[C@@H]1CCCN(C2CCCC2)C1)c1cccnc1. The number of nitrogens with zero attached hydrogens (tertiary/aromatic N) is 2. The predicted molar refractivity (Wildman–Crippen MR) is 96.1 cm³/mol. The van der Waals surface area contributed by atoms with E-state index >= 15 is 0 Å². The van der Waals surface area contributed by atoms with Gasteiger partial charge in [0.2, 0.25) is 5.91 Å². The van der Waals surface area contributed by atoms with Crippen LogP contribution >= 0.6 is 0 Å². The molecule has 1 atom stereocenters. The van der Waals surface area contributed by atoms with Gasteiger partial charge in [-0.3, -0.25) is 19.5 Å². The number of carbonyl (C=O) groups excluding carboxylic acids is 2. The van der Waals surface area contributed by atoms with Gasteiger partial charge in [-0.15, -0.1) is 0 Å². The molecule has 6 nitrogen and oxygen atoms in total. The number of piperidine rings is 1. The van der Waals surface area contributed by atoms with E-state index in [9.17, 15) is 9.59 Å². The second-order valence-corrected chi connectivity index (χ2v) is 7.06. The zero-order valence-corrected chi connectivity index (χ0v) is 14.7. The van der Waals surface area contributed by atoms with Crippen LogP contribution in [0.2, 0.25) is 0 Å². The summed E-state index contributed by atoms with van der Waals surface area (Å²) in [7, 11) is 0. The van der Waals surface area contributed by atoms with Gasteiger partial charge >= 0.3 is 0 Å². The summed E-state index contributed by atoms with van der Waals surface area (Å²) in [4.78, 5) is 30.8. The summed E-state index contributed by atoms with van der Waals surface area (Å²) in [6.07, 6.45) is 10.5. The Bertz CT molecular complexity index is 572. The van der Waals surface area contributed by atoms with Crippen LogP contribution in [-0.4, -0.2) is 53.9 Å². The van der Waals surface area contributed by atoms with Gasteiger partial charge < -0.3 is 10.6 Å². The molecule has 2 amide bonds. The topological polar surface area (TPSA) is 74.3 Å². The molecule has 0 bridgehead atoms. The molecule has 1 aromatic heterocycles. The number of likely N-dealkylation sites (tertiary alicyclic amines) is 1. The first-order chi connectivity index (χ1) is 12.2. The Hall–Kier alpha value is -1.95. The molecule has 6 heteroatoms. The van der Waals surface area contributed by atoms with Crippen molar-refractivity contribution in [1.29, 1.82) is 0 Å². The summed E-state index contributed by atoms with van der Waals surface area (Å²) in [6.45, 7) is 2.91. The van der Waals surface area contributed by atoms with Crippen LogP contribution in [-0.2, 0) is 4.79 Å². The maximum Gasteiger partial charge on any atom is 0.252 e. The van der Waals surface area contributed by atoms with Crippen LogP contribution in [0.3, 0.4) is 0 Å². The number of rotatable bonds is 6. The summed E-state index contributed by atoms with van der Waals surface area (Å²) >= 11 is 0. The molecule has 0 aromatic carbocycles. The molecule has 2 aliphatic rings. The van der Waals surface area contributed by atoms with E-state index in [0.29, 0.717) is 24.7 Å². The number of hydrogen-bond acceptors (Lipinski definition) is 4. The minimum absolute atomic E-state index is 0.0865. The van der Waals surface area contributed by atoms with E-state index in [1.807, 2.05) is 0 Å². The lowest BCUT2D eigenvalue weighted by Crippen LogP contribution is -2.47. The summed E-state index contributed by atoms with van der Waals surface area (Å²) in [6, 6.07) is 4.14. The molecule has 2 heterocycles. The van der Waals surface area contributed by atoms with Crippen molar-refractivity contribution < 1.29 is 9.59 Å². The number of hydrogen-bond donors (Lipinski definition) is 2. The fourth-order valence-corrected chi connectivity index (χ4v) is 3.93. The van der Waals surface area contributed by atoms with Crippen LogP contribution in [0.15, 0.2) is 24.5 Å². The molecule has 2 N–H and O–H groups in total. The van der Waals surface area contributed by atoms with Crippen molar-refractivity contribution in [3.8, 4) is 0 Å². The van der Waals surface area contributed by atoms with Crippen molar-refractivity contribution in [2.45, 2.75) is 44.6 Å². The maximum absolute atomic E-state index is 12.4. The highest BCUT2D eigenvalue weighted by Gasteiger charge is 2.30. The van der Waals surface area contributed by atoms with Gasteiger partial charge in [-0.25, -0.2) is 0 Å². The van der Waals surface area contributed by atoms with E-state index in [-0.39, 0.29) is 17.7 Å². The van der Waals surface area contributed by atoms with Crippen molar-refractivity contribution in [3.63, 3.8) is 0 Å². The minimum Gasteiger partial charge on any atom is -0.354 e. The normalized spacial score (nSPS) is 21.8. The fraction of sp³-hybridized carbons (Fsp3) is 0.632. The average Bonchev–Trinajstić information content (AvgIpc) is 3.20. The quantitative estimate of drug-likeness (QED) is 0.769. The molecular weight excluding hydrogens is 316 g/mol. The summed E-state index contributed by atoms with van der Waals surface area (Å²) < 4.78 is 0. The van der Waals surface area contributed by atoms with Gasteiger partial charge in [0.25, 0.3) is 5.91 Å². The van der Waals surface area contributed by atoms with Gasteiger partial charge in [0, 0.05) is 38.1 Å². The van der Waals surface area contributed by atoms with E-state index in [1.165, 1.54) is 31.9 Å². The monoisotopic (exact) mass is 344 g/mol. The van der Waals surface area contributed by atoms with E-state index < -0.39 is 0 Å².